The van der Waals surface area contributed by atoms with Crippen LogP contribution in [0.5, 0.6) is 11.5 Å². The standard InChI is InChI=1S/C26H21FN2O4/c1-15-3-4-16(2)20(11-15)28-24-23(18-6-8-19(27)9-7-18)25(30)29(26(24)31)13-17-5-10-21-22(12-17)33-14-32-21/h3-12,28H,13-14H2,1-2H3. The van der Waals surface area contributed by atoms with Crippen molar-refractivity contribution in [3.05, 3.63) is 94.4 Å². The van der Waals surface area contributed by atoms with E-state index in [4.69, 9.17) is 9.47 Å². The molecule has 0 bridgehead atoms. The van der Waals surface area contributed by atoms with Crippen LogP contribution < -0.4 is 14.8 Å². The maximum atomic E-state index is 13.5. The van der Waals surface area contributed by atoms with Gasteiger partial charge in [0.05, 0.1) is 12.1 Å². The van der Waals surface area contributed by atoms with Crippen LogP contribution in [-0.2, 0) is 16.1 Å². The van der Waals surface area contributed by atoms with E-state index in [1.165, 1.54) is 29.2 Å². The van der Waals surface area contributed by atoms with E-state index >= 15 is 0 Å². The van der Waals surface area contributed by atoms with Crippen molar-refractivity contribution in [1.29, 1.82) is 0 Å². The molecule has 0 saturated carbocycles. The summed E-state index contributed by atoms with van der Waals surface area (Å²) >= 11 is 0. The van der Waals surface area contributed by atoms with Gasteiger partial charge in [-0.2, -0.15) is 0 Å². The van der Waals surface area contributed by atoms with Gasteiger partial charge in [0, 0.05) is 5.69 Å². The highest BCUT2D eigenvalue weighted by Crippen LogP contribution is 2.35. The number of carbonyl (C=O) groups excluding carboxylic acids is 2. The molecule has 2 aliphatic heterocycles. The topological polar surface area (TPSA) is 67.9 Å². The molecule has 5 rings (SSSR count). The molecule has 0 atom stereocenters. The number of hydrogen-bond donors (Lipinski definition) is 1. The molecule has 33 heavy (non-hydrogen) atoms. The second-order valence-corrected chi connectivity index (χ2v) is 8.08. The molecule has 0 radical (unpaired) electrons. The fraction of sp³-hybridized carbons (Fsp3) is 0.154. The van der Waals surface area contributed by atoms with Crippen molar-refractivity contribution < 1.29 is 23.5 Å². The van der Waals surface area contributed by atoms with Crippen molar-refractivity contribution in [2.24, 2.45) is 0 Å². The van der Waals surface area contributed by atoms with Gasteiger partial charge < -0.3 is 14.8 Å². The van der Waals surface area contributed by atoms with E-state index in [0.29, 0.717) is 17.1 Å². The molecule has 0 unspecified atom stereocenters. The number of aryl methyl sites for hydroxylation is 2. The third-order valence-corrected chi connectivity index (χ3v) is 5.73. The Morgan fingerprint density at radius 2 is 1.67 bits per heavy atom. The van der Waals surface area contributed by atoms with Crippen LogP contribution in [0.2, 0.25) is 0 Å². The normalized spacial score (nSPS) is 14.9. The number of nitrogens with one attached hydrogen (secondary N) is 1. The van der Waals surface area contributed by atoms with E-state index in [9.17, 15) is 14.0 Å². The second-order valence-electron chi connectivity index (χ2n) is 8.08. The predicted molar refractivity (Wildman–Crippen MR) is 121 cm³/mol. The van der Waals surface area contributed by atoms with Gasteiger partial charge >= 0.3 is 0 Å². The Balaban J connectivity index is 1.53. The van der Waals surface area contributed by atoms with Crippen molar-refractivity contribution in [3.8, 4) is 11.5 Å². The molecule has 0 spiro atoms. The van der Waals surface area contributed by atoms with Crippen LogP contribution in [0.3, 0.4) is 0 Å². The molecule has 1 N–H and O–H groups in total. The Hall–Kier alpha value is -4.13. The first-order valence-corrected chi connectivity index (χ1v) is 10.5. The van der Waals surface area contributed by atoms with Gasteiger partial charge in [-0.3, -0.25) is 14.5 Å². The molecule has 2 aliphatic rings. The Labute approximate surface area is 190 Å². The molecule has 7 heteroatoms. The van der Waals surface area contributed by atoms with E-state index in [2.05, 4.69) is 5.32 Å². The summed E-state index contributed by atoms with van der Waals surface area (Å²) in [6, 6.07) is 16.7. The lowest BCUT2D eigenvalue weighted by Crippen LogP contribution is -2.32. The molecule has 0 aliphatic carbocycles. The first-order chi connectivity index (χ1) is 15.9. The zero-order valence-corrected chi connectivity index (χ0v) is 18.1. The molecular formula is C26H21FN2O4. The summed E-state index contributed by atoms with van der Waals surface area (Å²) in [5.41, 5.74) is 4.25. The maximum Gasteiger partial charge on any atom is 0.278 e. The third-order valence-electron chi connectivity index (χ3n) is 5.73. The summed E-state index contributed by atoms with van der Waals surface area (Å²) in [5, 5.41) is 3.18. The molecule has 3 aromatic rings. The maximum absolute atomic E-state index is 13.5. The summed E-state index contributed by atoms with van der Waals surface area (Å²) in [6.07, 6.45) is 0. The largest absolute Gasteiger partial charge is 0.454 e. The number of ether oxygens (including phenoxy) is 2. The molecule has 2 heterocycles. The van der Waals surface area contributed by atoms with Gasteiger partial charge in [0.25, 0.3) is 11.8 Å². The highest BCUT2D eigenvalue weighted by atomic mass is 19.1. The third kappa shape index (κ3) is 3.82. The predicted octanol–water partition coefficient (Wildman–Crippen LogP) is 4.56. The van der Waals surface area contributed by atoms with Gasteiger partial charge in [-0.05, 0) is 66.4 Å². The smallest absolute Gasteiger partial charge is 0.278 e. The lowest BCUT2D eigenvalue weighted by Gasteiger charge is -2.16. The number of hydrogen-bond acceptors (Lipinski definition) is 5. The lowest BCUT2D eigenvalue weighted by molar-refractivity contribution is -0.137. The number of benzene rings is 3. The second kappa shape index (κ2) is 8.09. The van der Waals surface area contributed by atoms with Crippen molar-refractivity contribution in [2.45, 2.75) is 20.4 Å². The average molecular weight is 444 g/mol. The fourth-order valence-electron chi connectivity index (χ4n) is 3.95. The summed E-state index contributed by atoms with van der Waals surface area (Å²) in [7, 11) is 0. The molecular weight excluding hydrogens is 423 g/mol. The zero-order valence-electron chi connectivity index (χ0n) is 18.1. The minimum absolute atomic E-state index is 0.0664. The van der Waals surface area contributed by atoms with E-state index in [-0.39, 0.29) is 24.6 Å². The molecule has 6 nitrogen and oxygen atoms in total. The number of nitrogens with zero attached hydrogens (tertiary/aromatic N) is 1. The van der Waals surface area contributed by atoms with E-state index < -0.39 is 17.6 Å². The number of anilines is 1. The SMILES string of the molecule is Cc1ccc(C)c(NC2=C(c3ccc(F)cc3)C(=O)N(Cc3ccc4c(c3)OCO4)C2=O)c1. The fourth-order valence-corrected chi connectivity index (χ4v) is 3.95. The zero-order chi connectivity index (χ0) is 23.1. The average Bonchev–Trinajstić information content (AvgIpc) is 3.35. The van der Waals surface area contributed by atoms with E-state index in [1.54, 1.807) is 18.2 Å². The molecule has 2 amide bonds. The van der Waals surface area contributed by atoms with Crippen molar-refractivity contribution in [3.63, 3.8) is 0 Å². The van der Waals surface area contributed by atoms with Gasteiger partial charge in [0.2, 0.25) is 6.79 Å². The Bertz CT molecular complexity index is 1310. The quantitative estimate of drug-likeness (QED) is 0.585. The number of carbonyl (C=O) groups is 2. The number of imide groups is 1. The first-order valence-electron chi connectivity index (χ1n) is 10.5. The van der Waals surface area contributed by atoms with Crippen LogP contribution in [0.1, 0.15) is 22.3 Å². The summed E-state index contributed by atoms with van der Waals surface area (Å²) in [4.78, 5) is 28.1. The van der Waals surface area contributed by atoms with Gasteiger partial charge in [0.15, 0.2) is 11.5 Å². The highest BCUT2D eigenvalue weighted by molar-refractivity contribution is 6.36. The van der Waals surface area contributed by atoms with Crippen molar-refractivity contribution in [1.82, 2.24) is 4.90 Å². The summed E-state index contributed by atoms with van der Waals surface area (Å²) < 4.78 is 24.3. The van der Waals surface area contributed by atoms with E-state index in [1.807, 2.05) is 32.0 Å². The van der Waals surface area contributed by atoms with E-state index in [0.717, 1.165) is 22.4 Å². The van der Waals surface area contributed by atoms with Gasteiger partial charge in [-0.15, -0.1) is 0 Å². The molecule has 0 fully saturated rings. The van der Waals surface area contributed by atoms with Crippen LogP contribution in [0.25, 0.3) is 5.57 Å². The Kier molecular flexibility index (Phi) is 5.09. The van der Waals surface area contributed by atoms with Gasteiger partial charge in [0.1, 0.15) is 11.5 Å². The Morgan fingerprint density at radius 3 is 2.45 bits per heavy atom. The molecule has 0 aromatic heterocycles. The van der Waals surface area contributed by atoms with Crippen LogP contribution in [0.4, 0.5) is 10.1 Å². The first kappa shape index (κ1) is 20.8. The Morgan fingerprint density at radius 1 is 0.909 bits per heavy atom. The number of rotatable bonds is 5. The van der Waals surface area contributed by atoms with Crippen molar-refractivity contribution in [2.75, 3.05) is 12.1 Å². The van der Waals surface area contributed by atoms with Gasteiger partial charge in [-0.1, -0.05) is 30.3 Å². The molecule has 3 aromatic carbocycles. The van der Waals surface area contributed by atoms with Crippen LogP contribution in [0.15, 0.2) is 66.4 Å². The van der Waals surface area contributed by atoms with Crippen LogP contribution >= 0.6 is 0 Å². The number of halogens is 1. The molecule has 166 valence electrons. The number of fused-ring (bicyclic) bond motifs is 1. The summed E-state index contributed by atoms with van der Waals surface area (Å²) in [5.74, 6) is -0.111. The van der Waals surface area contributed by atoms with Gasteiger partial charge in [-0.25, -0.2) is 4.39 Å². The number of amides is 2. The van der Waals surface area contributed by atoms with Crippen molar-refractivity contribution >= 4 is 23.1 Å². The lowest BCUT2D eigenvalue weighted by atomic mass is 10.0. The minimum Gasteiger partial charge on any atom is -0.454 e. The summed E-state index contributed by atoms with van der Waals surface area (Å²) in [6.45, 7) is 4.08. The highest BCUT2D eigenvalue weighted by Gasteiger charge is 2.39. The van der Waals surface area contributed by atoms with Crippen LogP contribution in [-0.4, -0.2) is 23.5 Å². The molecule has 0 saturated heterocycles. The minimum atomic E-state index is -0.447. The monoisotopic (exact) mass is 444 g/mol. The van der Waals surface area contributed by atoms with Crippen LogP contribution in [0, 0.1) is 19.7 Å².